The molecule has 1 N–H and O–H groups in total. The Labute approximate surface area is 131 Å². The maximum absolute atomic E-state index is 11.3. The molecule has 3 aliphatic rings. The van der Waals surface area contributed by atoms with Crippen LogP contribution in [0.15, 0.2) is 16.6 Å². The van der Waals surface area contributed by atoms with Crippen LogP contribution >= 0.6 is 15.9 Å². The molecule has 0 aromatic heterocycles. The minimum absolute atomic E-state index is 0.171. The largest absolute Gasteiger partial charge is 0.481 e. The first kappa shape index (κ1) is 13.4. The lowest BCUT2D eigenvalue weighted by atomic mass is 9.89. The maximum atomic E-state index is 11.3. The molecule has 0 radical (unpaired) electrons. The summed E-state index contributed by atoms with van der Waals surface area (Å²) in [5.41, 5.74) is 1.13. The number of hydrogen-bond donors (Lipinski definition) is 1. The zero-order chi connectivity index (χ0) is 14.6. The number of carboxylic acids is 1. The van der Waals surface area contributed by atoms with Gasteiger partial charge in [0.25, 0.3) is 0 Å². The van der Waals surface area contributed by atoms with Crippen molar-refractivity contribution < 1.29 is 19.4 Å². The number of fused-ring (bicyclic) bond motifs is 3. The molecular formula is C15H16BrNO4. The van der Waals surface area contributed by atoms with Gasteiger partial charge in [-0.25, -0.2) is 0 Å². The van der Waals surface area contributed by atoms with Crippen LogP contribution in [0.4, 0.5) is 0 Å². The van der Waals surface area contributed by atoms with E-state index in [1.807, 2.05) is 12.1 Å². The second-order valence-corrected chi connectivity index (χ2v) is 6.80. The van der Waals surface area contributed by atoms with Crippen LogP contribution in [0.2, 0.25) is 0 Å². The standard InChI is InChI=1S/C15H16BrNO4/c16-11-5-14-13(20-7-21-14)3-8(11)6-17-9-1-2-12(17)10(4-9)15(18)19/h3,5,9-10,12H,1-2,4,6-7H2,(H,18,19). The van der Waals surface area contributed by atoms with Crippen molar-refractivity contribution in [3.63, 3.8) is 0 Å². The number of carboxylic acid groups (broad SMARTS) is 1. The highest BCUT2D eigenvalue weighted by molar-refractivity contribution is 9.10. The number of ether oxygens (including phenoxy) is 2. The van der Waals surface area contributed by atoms with E-state index in [0.717, 1.165) is 47.3 Å². The van der Waals surface area contributed by atoms with Gasteiger partial charge in [-0.2, -0.15) is 0 Å². The van der Waals surface area contributed by atoms with Crippen LogP contribution in [-0.2, 0) is 11.3 Å². The molecule has 1 aromatic rings. The normalized spacial score (nSPS) is 30.0. The van der Waals surface area contributed by atoms with Crippen LogP contribution in [0, 0.1) is 5.92 Å². The van der Waals surface area contributed by atoms with Crippen LogP contribution in [0.25, 0.3) is 0 Å². The molecule has 1 aromatic carbocycles. The quantitative estimate of drug-likeness (QED) is 0.904. The fraction of sp³-hybridized carbons (Fsp3) is 0.533. The molecule has 2 bridgehead atoms. The average Bonchev–Trinajstić information content (AvgIpc) is 3.14. The number of hydrogen-bond acceptors (Lipinski definition) is 4. The maximum Gasteiger partial charge on any atom is 0.308 e. The Bertz CT molecular complexity index is 606. The monoisotopic (exact) mass is 353 g/mol. The van der Waals surface area contributed by atoms with Gasteiger partial charge in [-0.05, 0) is 37.0 Å². The molecule has 0 spiro atoms. The van der Waals surface area contributed by atoms with Crippen LogP contribution in [0.5, 0.6) is 11.5 Å². The van der Waals surface area contributed by atoms with E-state index in [2.05, 4.69) is 20.8 Å². The van der Waals surface area contributed by atoms with Gasteiger partial charge in [0.2, 0.25) is 6.79 Å². The van der Waals surface area contributed by atoms with E-state index in [1.54, 1.807) is 0 Å². The summed E-state index contributed by atoms with van der Waals surface area (Å²) >= 11 is 3.58. The molecule has 2 fully saturated rings. The smallest absolute Gasteiger partial charge is 0.308 e. The van der Waals surface area contributed by atoms with Gasteiger partial charge in [-0.1, -0.05) is 15.9 Å². The van der Waals surface area contributed by atoms with Crippen molar-refractivity contribution in [3.05, 3.63) is 22.2 Å². The lowest BCUT2D eigenvalue weighted by molar-refractivity contribution is -0.142. The molecule has 3 unspecified atom stereocenters. The summed E-state index contributed by atoms with van der Waals surface area (Å²) in [6.45, 7) is 1.03. The third-order valence-electron chi connectivity index (χ3n) is 4.89. The third kappa shape index (κ3) is 2.12. The van der Waals surface area contributed by atoms with Gasteiger partial charge in [0.05, 0.1) is 5.92 Å². The van der Waals surface area contributed by atoms with Crippen molar-refractivity contribution in [2.75, 3.05) is 6.79 Å². The predicted molar refractivity (Wildman–Crippen MR) is 78.4 cm³/mol. The Morgan fingerprint density at radius 3 is 2.81 bits per heavy atom. The predicted octanol–water partition coefficient (Wildman–Crippen LogP) is 2.62. The van der Waals surface area contributed by atoms with E-state index in [0.29, 0.717) is 6.04 Å². The number of nitrogens with zero attached hydrogens (tertiary/aromatic N) is 1. The highest BCUT2D eigenvalue weighted by atomic mass is 79.9. The molecular weight excluding hydrogens is 338 g/mol. The van der Waals surface area contributed by atoms with Gasteiger partial charge in [-0.3, -0.25) is 9.69 Å². The van der Waals surface area contributed by atoms with Crippen LogP contribution in [0.3, 0.4) is 0 Å². The van der Waals surface area contributed by atoms with E-state index in [-0.39, 0.29) is 18.8 Å². The van der Waals surface area contributed by atoms with E-state index in [4.69, 9.17) is 9.47 Å². The molecule has 0 amide bonds. The molecule has 4 rings (SSSR count). The third-order valence-corrected chi connectivity index (χ3v) is 5.63. The van der Waals surface area contributed by atoms with Gasteiger partial charge in [0, 0.05) is 23.1 Å². The van der Waals surface area contributed by atoms with Gasteiger partial charge in [-0.15, -0.1) is 0 Å². The first-order chi connectivity index (χ1) is 10.1. The number of benzene rings is 1. The average molecular weight is 354 g/mol. The van der Waals surface area contributed by atoms with Crippen LogP contribution < -0.4 is 9.47 Å². The number of halogens is 1. The van der Waals surface area contributed by atoms with Crippen molar-refractivity contribution in [2.24, 2.45) is 5.92 Å². The minimum Gasteiger partial charge on any atom is -0.481 e. The Morgan fingerprint density at radius 1 is 1.33 bits per heavy atom. The van der Waals surface area contributed by atoms with E-state index in [1.165, 1.54) is 0 Å². The summed E-state index contributed by atoms with van der Waals surface area (Å²) in [6.07, 6.45) is 2.88. The molecule has 112 valence electrons. The van der Waals surface area contributed by atoms with E-state index in [9.17, 15) is 9.90 Å². The first-order valence-electron chi connectivity index (χ1n) is 7.20. The molecule has 2 saturated heterocycles. The molecule has 0 saturated carbocycles. The van der Waals surface area contributed by atoms with Crippen molar-refractivity contribution in [1.82, 2.24) is 4.90 Å². The summed E-state index contributed by atoms with van der Waals surface area (Å²) in [7, 11) is 0. The second-order valence-electron chi connectivity index (χ2n) is 5.95. The van der Waals surface area contributed by atoms with Gasteiger partial charge >= 0.3 is 5.97 Å². The summed E-state index contributed by atoms with van der Waals surface area (Å²) in [6, 6.07) is 4.50. The van der Waals surface area contributed by atoms with Gasteiger partial charge in [0.1, 0.15) is 0 Å². The summed E-state index contributed by atoms with van der Waals surface area (Å²) in [4.78, 5) is 13.7. The summed E-state index contributed by atoms with van der Waals surface area (Å²) in [5, 5.41) is 9.33. The fourth-order valence-electron chi connectivity index (χ4n) is 3.89. The van der Waals surface area contributed by atoms with Crippen molar-refractivity contribution in [3.8, 4) is 11.5 Å². The lowest BCUT2D eigenvalue weighted by Gasteiger charge is -2.23. The fourth-order valence-corrected chi connectivity index (χ4v) is 4.34. The summed E-state index contributed by atoms with van der Waals surface area (Å²) in [5.74, 6) is 0.668. The SMILES string of the molecule is O=C(O)C1CC2CCC1N2Cc1cc2c(cc1Br)OCO2. The molecule has 3 aliphatic heterocycles. The van der Waals surface area contributed by atoms with Crippen molar-refractivity contribution in [2.45, 2.75) is 37.9 Å². The van der Waals surface area contributed by atoms with Crippen molar-refractivity contribution >= 4 is 21.9 Å². The van der Waals surface area contributed by atoms with E-state index < -0.39 is 5.97 Å². The molecule has 3 atom stereocenters. The highest BCUT2D eigenvalue weighted by Gasteiger charge is 2.49. The topological polar surface area (TPSA) is 59.0 Å². The first-order valence-corrected chi connectivity index (χ1v) is 7.99. The Kier molecular flexibility index (Phi) is 3.11. The lowest BCUT2D eigenvalue weighted by Crippen LogP contribution is -2.32. The number of carbonyl (C=O) groups is 1. The zero-order valence-corrected chi connectivity index (χ0v) is 13.0. The molecule has 21 heavy (non-hydrogen) atoms. The molecule has 0 aliphatic carbocycles. The zero-order valence-electron chi connectivity index (χ0n) is 11.4. The van der Waals surface area contributed by atoms with E-state index >= 15 is 0 Å². The highest BCUT2D eigenvalue weighted by Crippen LogP contribution is 2.44. The molecule has 3 heterocycles. The number of rotatable bonds is 3. The van der Waals surface area contributed by atoms with Crippen molar-refractivity contribution in [1.29, 1.82) is 0 Å². The van der Waals surface area contributed by atoms with Crippen LogP contribution in [0.1, 0.15) is 24.8 Å². The summed E-state index contributed by atoms with van der Waals surface area (Å²) < 4.78 is 11.8. The Hall–Kier alpha value is -1.27. The van der Waals surface area contributed by atoms with Gasteiger partial charge in [0.15, 0.2) is 11.5 Å². The molecule has 6 heteroatoms. The molecule has 5 nitrogen and oxygen atoms in total. The minimum atomic E-state index is -0.656. The Balaban J connectivity index is 1.58. The van der Waals surface area contributed by atoms with Gasteiger partial charge < -0.3 is 14.6 Å². The second kappa shape index (κ2) is 4.88. The number of aliphatic carboxylic acids is 1. The Morgan fingerprint density at radius 2 is 2.10 bits per heavy atom. The van der Waals surface area contributed by atoms with Crippen LogP contribution in [-0.4, -0.2) is 34.9 Å².